The van der Waals surface area contributed by atoms with E-state index in [-0.39, 0.29) is 24.8 Å². The first-order chi connectivity index (χ1) is 17.6. The van der Waals surface area contributed by atoms with Crippen molar-refractivity contribution in [2.24, 2.45) is 0 Å². The Bertz CT molecular complexity index is 1140. The number of thioether (sulfide) groups is 1. The third kappa shape index (κ3) is 6.79. The van der Waals surface area contributed by atoms with Crippen molar-refractivity contribution >= 4 is 23.5 Å². The van der Waals surface area contributed by atoms with Crippen molar-refractivity contribution < 1.29 is 24.1 Å². The molecule has 190 valence electrons. The van der Waals surface area contributed by atoms with Gasteiger partial charge in [-0.15, -0.1) is 11.8 Å². The second-order valence-electron chi connectivity index (χ2n) is 8.42. The molecule has 1 heterocycles. The van der Waals surface area contributed by atoms with E-state index in [4.69, 9.17) is 14.2 Å². The maximum absolute atomic E-state index is 12.0. The van der Waals surface area contributed by atoms with E-state index in [0.29, 0.717) is 18.7 Å². The predicted molar refractivity (Wildman–Crippen MR) is 141 cm³/mol. The van der Waals surface area contributed by atoms with Crippen molar-refractivity contribution in [1.29, 1.82) is 0 Å². The number of methoxy groups -OCH3 is 1. The Labute approximate surface area is 216 Å². The number of ether oxygens (including phenoxy) is 3. The van der Waals surface area contributed by atoms with E-state index in [2.05, 4.69) is 10.6 Å². The van der Waals surface area contributed by atoms with E-state index in [0.717, 1.165) is 33.1 Å². The normalized spacial score (nSPS) is 19.5. The van der Waals surface area contributed by atoms with Crippen LogP contribution in [0, 0.1) is 0 Å². The molecule has 3 aromatic rings. The van der Waals surface area contributed by atoms with E-state index in [1.807, 2.05) is 79.7 Å². The number of carbonyl (C=O) groups excluding carboxylic acids is 1. The van der Waals surface area contributed by atoms with Crippen LogP contribution >= 0.6 is 11.8 Å². The van der Waals surface area contributed by atoms with Gasteiger partial charge in [-0.2, -0.15) is 0 Å². The summed E-state index contributed by atoms with van der Waals surface area (Å²) in [6.07, 6.45) is -0.171. The average Bonchev–Trinajstić information content (AvgIpc) is 2.92. The highest BCUT2D eigenvalue weighted by atomic mass is 32.2. The lowest BCUT2D eigenvalue weighted by Crippen LogP contribution is -2.31. The molecule has 0 aliphatic carbocycles. The van der Waals surface area contributed by atoms with Gasteiger partial charge in [-0.3, -0.25) is 0 Å². The first kappa shape index (κ1) is 26.0. The highest BCUT2D eigenvalue weighted by molar-refractivity contribution is 7.99. The molecular weight excluding hydrogens is 476 g/mol. The zero-order valence-corrected chi connectivity index (χ0v) is 21.3. The van der Waals surface area contributed by atoms with Gasteiger partial charge in [-0.25, -0.2) is 4.79 Å². The summed E-state index contributed by atoms with van der Waals surface area (Å²) < 4.78 is 18.3. The maximum Gasteiger partial charge on any atom is 0.319 e. The number of aliphatic hydroxyl groups excluding tert-OH is 1. The highest BCUT2D eigenvalue weighted by Crippen LogP contribution is 2.40. The Balaban J connectivity index is 1.54. The molecule has 7 nitrogen and oxygen atoms in total. The molecule has 0 bridgehead atoms. The molecule has 2 amide bonds. The summed E-state index contributed by atoms with van der Waals surface area (Å²) in [6.45, 7) is 2.42. The van der Waals surface area contributed by atoms with Gasteiger partial charge < -0.3 is 30.0 Å². The average molecular weight is 509 g/mol. The fraction of sp³-hybridized carbons (Fsp3) is 0.321. The van der Waals surface area contributed by atoms with Crippen molar-refractivity contribution in [1.82, 2.24) is 5.32 Å². The molecule has 3 atom stereocenters. The van der Waals surface area contributed by atoms with Gasteiger partial charge >= 0.3 is 6.03 Å². The summed E-state index contributed by atoms with van der Waals surface area (Å²) in [5, 5.41) is 15.0. The van der Waals surface area contributed by atoms with Gasteiger partial charge in [0.05, 0.1) is 25.9 Å². The molecule has 0 spiro atoms. The number of rotatable bonds is 9. The maximum atomic E-state index is 12.0. The van der Waals surface area contributed by atoms with E-state index in [1.54, 1.807) is 18.9 Å². The number of para-hydroxylation sites is 1. The minimum atomic E-state index is -0.597. The molecule has 0 unspecified atom stereocenters. The number of carbonyl (C=O) groups is 1. The fourth-order valence-electron chi connectivity index (χ4n) is 4.04. The second kappa shape index (κ2) is 12.8. The smallest absolute Gasteiger partial charge is 0.319 e. The van der Waals surface area contributed by atoms with Crippen molar-refractivity contribution in [3.8, 4) is 5.75 Å². The zero-order chi connectivity index (χ0) is 25.3. The van der Waals surface area contributed by atoms with E-state index in [9.17, 15) is 9.90 Å². The molecule has 1 fully saturated rings. The molecule has 0 radical (unpaired) electrons. The van der Waals surface area contributed by atoms with Crippen molar-refractivity contribution in [2.75, 3.05) is 24.7 Å². The molecule has 4 rings (SSSR count). The molecule has 1 aliphatic rings. The minimum absolute atomic E-state index is 0.00111. The highest BCUT2D eigenvalue weighted by Gasteiger charge is 2.32. The number of nitrogens with one attached hydrogen (secondary N) is 2. The minimum Gasteiger partial charge on any atom is -0.496 e. The van der Waals surface area contributed by atoms with Crippen LogP contribution < -0.4 is 15.4 Å². The zero-order valence-electron chi connectivity index (χ0n) is 20.5. The molecule has 3 aromatic carbocycles. The Morgan fingerprint density at radius 2 is 1.86 bits per heavy atom. The lowest BCUT2D eigenvalue weighted by atomic mass is 10.0. The van der Waals surface area contributed by atoms with Gasteiger partial charge in [-0.05, 0) is 42.3 Å². The Hall–Kier alpha value is -3.04. The molecule has 0 saturated carbocycles. The van der Waals surface area contributed by atoms with Crippen LogP contribution in [0.5, 0.6) is 5.75 Å². The predicted octanol–water partition coefficient (Wildman–Crippen LogP) is 5.67. The first-order valence-corrected chi connectivity index (χ1v) is 13.0. The molecule has 8 heteroatoms. The van der Waals surface area contributed by atoms with Crippen LogP contribution in [0.15, 0.2) is 77.7 Å². The van der Waals surface area contributed by atoms with Crippen LogP contribution in [0.2, 0.25) is 0 Å². The number of amides is 2. The number of aliphatic hydroxyl groups is 1. The largest absolute Gasteiger partial charge is 0.496 e. The monoisotopic (exact) mass is 508 g/mol. The number of anilines is 1. The lowest BCUT2D eigenvalue weighted by Gasteiger charge is -2.36. The topological polar surface area (TPSA) is 89.1 Å². The van der Waals surface area contributed by atoms with E-state index < -0.39 is 6.29 Å². The first-order valence-electron chi connectivity index (χ1n) is 12.0. The van der Waals surface area contributed by atoms with Crippen molar-refractivity contribution in [3.05, 3.63) is 89.5 Å². The lowest BCUT2D eigenvalue weighted by molar-refractivity contribution is -0.245. The van der Waals surface area contributed by atoms with E-state index >= 15 is 0 Å². The summed E-state index contributed by atoms with van der Waals surface area (Å²) >= 11 is 1.69. The van der Waals surface area contributed by atoms with Gasteiger partial charge in [-0.1, -0.05) is 48.5 Å². The standard InChI is InChI=1S/C28H32N2O5S/c1-3-29-28(32)30-22-8-6-7-21(15-22)27-34-23(18-36-26-10-5-4-9-24(26)33-2)16-25(35-27)20-13-11-19(17-31)12-14-20/h4-15,23,25,27,31H,3,16-18H2,1-2H3,(H2,29,30,32)/t23-,25+,27+/m0/s1. The van der Waals surface area contributed by atoms with E-state index in [1.165, 1.54) is 0 Å². The Morgan fingerprint density at radius 1 is 1.06 bits per heavy atom. The number of benzene rings is 3. The van der Waals surface area contributed by atoms with Gasteiger partial charge in [0.2, 0.25) is 0 Å². The van der Waals surface area contributed by atoms with Crippen LogP contribution in [0.4, 0.5) is 10.5 Å². The molecule has 1 saturated heterocycles. The third-order valence-electron chi connectivity index (χ3n) is 5.86. The fourth-order valence-corrected chi connectivity index (χ4v) is 5.09. The summed E-state index contributed by atoms with van der Waals surface area (Å²) in [7, 11) is 1.67. The van der Waals surface area contributed by atoms with Crippen molar-refractivity contribution in [3.63, 3.8) is 0 Å². The van der Waals surface area contributed by atoms with Crippen LogP contribution in [0.25, 0.3) is 0 Å². The van der Waals surface area contributed by atoms with Crippen LogP contribution in [-0.4, -0.2) is 36.6 Å². The number of urea groups is 1. The SMILES string of the molecule is CCNC(=O)Nc1cccc([C@@H]2O[C@H](CSc3ccccc3OC)C[C@H](c3ccc(CO)cc3)O2)c1. The molecule has 3 N–H and O–H groups in total. The van der Waals surface area contributed by atoms with Gasteiger partial charge in [0.25, 0.3) is 0 Å². The Kier molecular flexibility index (Phi) is 9.24. The molecule has 36 heavy (non-hydrogen) atoms. The van der Waals surface area contributed by atoms with Gasteiger partial charge in [0, 0.05) is 34.9 Å². The molecule has 0 aromatic heterocycles. The summed E-state index contributed by atoms with van der Waals surface area (Å²) in [4.78, 5) is 13.1. The van der Waals surface area contributed by atoms with Crippen molar-refractivity contribution in [2.45, 2.75) is 43.3 Å². The number of hydrogen-bond donors (Lipinski definition) is 3. The number of hydrogen-bond acceptors (Lipinski definition) is 6. The third-order valence-corrected chi connectivity index (χ3v) is 7.05. The van der Waals surface area contributed by atoms with Gasteiger partial charge in [0.15, 0.2) is 6.29 Å². The molecular formula is C28H32N2O5S. The van der Waals surface area contributed by atoms with Crippen LogP contribution in [0.3, 0.4) is 0 Å². The summed E-state index contributed by atoms with van der Waals surface area (Å²) in [5.41, 5.74) is 3.38. The quantitative estimate of drug-likeness (QED) is 0.323. The Morgan fingerprint density at radius 3 is 2.61 bits per heavy atom. The second-order valence-corrected chi connectivity index (χ2v) is 9.48. The van der Waals surface area contributed by atoms with Crippen LogP contribution in [0.1, 0.15) is 42.4 Å². The summed E-state index contributed by atoms with van der Waals surface area (Å²) in [5.74, 6) is 1.56. The molecule has 1 aliphatic heterocycles. The summed E-state index contributed by atoms with van der Waals surface area (Å²) in [6, 6.07) is 23.0. The van der Waals surface area contributed by atoms with Crippen LogP contribution in [-0.2, 0) is 16.1 Å². The van der Waals surface area contributed by atoms with Gasteiger partial charge in [0.1, 0.15) is 5.75 Å².